The number of carbonyl (C=O) groups excluding carboxylic acids is 2. The number of rotatable bonds is 4. The second kappa shape index (κ2) is 6.76. The molecule has 6 nitrogen and oxygen atoms in total. The first kappa shape index (κ1) is 16.5. The molecule has 0 spiro atoms. The fourth-order valence-corrected chi connectivity index (χ4v) is 3.54. The predicted octanol–water partition coefficient (Wildman–Crippen LogP) is 4.05. The Kier molecular flexibility index (Phi) is 4.30. The van der Waals surface area contributed by atoms with Gasteiger partial charge in [0, 0.05) is 0 Å². The zero-order chi connectivity index (χ0) is 18.1. The largest absolute Gasteiger partial charge is 0.494 e. The second-order valence-electron chi connectivity index (χ2n) is 5.56. The Balaban J connectivity index is 1.58. The van der Waals surface area contributed by atoms with E-state index in [-0.39, 0.29) is 17.9 Å². The molecule has 0 atom stereocenters. The highest BCUT2D eigenvalue weighted by atomic mass is 32.2. The standard InChI is InChI=1S/C19H15NO5S/c1-2-23-14-6-4-13(5-7-14)20-18(21)17(26-19(20)22)10-12-3-8-15-16(9-12)25-11-24-15/h3-10H,2,11H2,1H3/b17-10-. The molecule has 0 radical (unpaired) electrons. The molecule has 2 amide bonds. The zero-order valence-electron chi connectivity index (χ0n) is 13.9. The maximum atomic E-state index is 12.7. The van der Waals surface area contributed by atoms with Crippen molar-refractivity contribution >= 4 is 34.7 Å². The lowest BCUT2D eigenvalue weighted by atomic mass is 10.2. The molecule has 0 aliphatic carbocycles. The van der Waals surface area contributed by atoms with Gasteiger partial charge in [0.05, 0.1) is 17.2 Å². The van der Waals surface area contributed by atoms with Gasteiger partial charge in [0.1, 0.15) is 5.75 Å². The molecular formula is C19H15NO5S. The SMILES string of the molecule is CCOc1ccc(N2C(=O)S/C(=C\c3ccc4c(c3)OCO4)C2=O)cc1. The van der Waals surface area contributed by atoms with Gasteiger partial charge in [0.25, 0.3) is 11.1 Å². The molecule has 26 heavy (non-hydrogen) atoms. The van der Waals surface area contributed by atoms with E-state index >= 15 is 0 Å². The monoisotopic (exact) mass is 369 g/mol. The van der Waals surface area contributed by atoms with Crippen LogP contribution in [0.1, 0.15) is 12.5 Å². The van der Waals surface area contributed by atoms with Gasteiger partial charge in [-0.3, -0.25) is 9.59 Å². The number of hydrogen-bond donors (Lipinski definition) is 0. The summed E-state index contributed by atoms with van der Waals surface area (Å²) in [7, 11) is 0. The van der Waals surface area contributed by atoms with Crippen LogP contribution in [0.3, 0.4) is 0 Å². The lowest BCUT2D eigenvalue weighted by molar-refractivity contribution is -0.113. The lowest BCUT2D eigenvalue weighted by Crippen LogP contribution is -2.27. The zero-order valence-corrected chi connectivity index (χ0v) is 14.7. The van der Waals surface area contributed by atoms with Crippen LogP contribution in [-0.4, -0.2) is 24.5 Å². The number of hydrogen-bond acceptors (Lipinski definition) is 6. The molecule has 1 saturated heterocycles. The smallest absolute Gasteiger partial charge is 0.298 e. The summed E-state index contributed by atoms with van der Waals surface area (Å²) in [5, 5.41) is -0.328. The van der Waals surface area contributed by atoms with Gasteiger partial charge in [-0.2, -0.15) is 0 Å². The maximum absolute atomic E-state index is 12.7. The average Bonchev–Trinajstić information content (AvgIpc) is 3.20. The molecule has 0 unspecified atom stereocenters. The highest BCUT2D eigenvalue weighted by Gasteiger charge is 2.36. The number of nitrogens with zero attached hydrogens (tertiary/aromatic N) is 1. The number of anilines is 1. The number of thioether (sulfide) groups is 1. The molecule has 2 aromatic rings. The fraction of sp³-hybridized carbons (Fsp3) is 0.158. The summed E-state index contributed by atoms with van der Waals surface area (Å²) in [5.74, 6) is 1.65. The molecule has 2 aromatic carbocycles. The van der Waals surface area contributed by atoms with Crippen molar-refractivity contribution in [3.63, 3.8) is 0 Å². The topological polar surface area (TPSA) is 65.1 Å². The summed E-state index contributed by atoms with van der Waals surface area (Å²) in [6, 6.07) is 12.3. The summed E-state index contributed by atoms with van der Waals surface area (Å²) in [4.78, 5) is 26.6. The van der Waals surface area contributed by atoms with E-state index in [2.05, 4.69) is 0 Å². The van der Waals surface area contributed by atoms with E-state index in [1.54, 1.807) is 42.5 Å². The third-order valence-corrected chi connectivity index (χ3v) is 4.76. The van der Waals surface area contributed by atoms with Crippen LogP contribution >= 0.6 is 11.8 Å². The number of fused-ring (bicyclic) bond motifs is 1. The van der Waals surface area contributed by atoms with Crippen LogP contribution in [0.2, 0.25) is 0 Å². The number of imide groups is 1. The van der Waals surface area contributed by atoms with E-state index in [4.69, 9.17) is 14.2 Å². The van der Waals surface area contributed by atoms with Crippen molar-refractivity contribution < 1.29 is 23.8 Å². The van der Waals surface area contributed by atoms with Crippen molar-refractivity contribution in [1.82, 2.24) is 0 Å². The number of amides is 2. The minimum absolute atomic E-state index is 0.188. The summed E-state index contributed by atoms with van der Waals surface area (Å²) in [5.41, 5.74) is 1.29. The van der Waals surface area contributed by atoms with E-state index < -0.39 is 0 Å². The van der Waals surface area contributed by atoms with Crippen molar-refractivity contribution in [1.29, 1.82) is 0 Å². The van der Waals surface area contributed by atoms with Crippen LogP contribution in [0.15, 0.2) is 47.4 Å². The Bertz CT molecular complexity index is 907. The van der Waals surface area contributed by atoms with Crippen LogP contribution in [0, 0.1) is 0 Å². The Labute approximate surface area is 154 Å². The van der Waals surface area contributed by atoms with E-state index in [9.17, 15) is 9.59 Å². The molecule has 0 saturated carbocycles. The van der Waals surface area contributed by atoms with Gasteiger partial charge >= 0.3 is 0 Å². The van der Waals surface area contributed by atoms with Gasteiger partial charge in [-0.1, -0.05) is 6.07 Å². The summed E-state index contributed by atoms with van der Waals surface area (Å²) in [6.07, 6.45) is 1.68. The number of benzene rings is 2. The molecule has 0 aromatic heterocycles. The number of ether oxygens (including phenoxy) is 3. The van der Waals surface area contributed by atoms with Crippen LogP contribution in [0.4, 0.5) is 10.5 Å². The van der Waals surface area contributed by atoms with Gasteiger partial charge in [0.15, 0.2) is 11.5 Å². The van der Waals surface area contributed by atoms with Gasteiger partial charge in [-0.05, 0) is 66.7 Å². The summed E-state index contributed by atoms with van der Waals surface area (Å²) < 4.78 is 16.0. The van der Waals surface area contributed by atoms with Crippen LogP contribution in [0.5, 0.6) is 17.2 Å². The van der Waals surface area contributed by atoms with Crippen LogP contribution < -0.4 is 19.1 Å². The molecule has 132 valence electrons. The van der Waals surface area contributed by atoms with Crippen molar-refractivity contribution in [2.24, 2.45) is 0 Å². The Morgan fingerprint density at radius 1 is 1.12 bits per heavy atom. The van der Waals surface area contributed by atoms with E-state index in [0.29, 0.717) is 34.4 Å². The average molecular weight is 369 g/mol. The highest BCUT2D eigenvalue weighted by Crippen LogP contribution is 2.38. The second-order valence-corrected chi connectivity index (χ2v) is 6.55. The van der Waals surface area contributed by atoms with Gasteiger partial charge < -0.3 is 14.2 Å². The van der Waals surface area contributed by atoms with Gasteiger partial charge in [-0.15, -0.1) is 0 Å². The number of carbonyl (C=O) groups is 2. The minimum Gasteiger partial charge on any atom is -0.494 e. The first-order valence-corrected chi connectivity index (χ1v) is 8.88. The Hall–Kier alpha value is -2.93. The maximum Gasteiger partial charge on any atom is 0.298 e. The molecule has 4 rings (SSSR count). The lowest BCUT2D eigenvalue weighted by Gasteiger charge is -2.13. The molecule has 0 N–H and O–H groups in total. The Morgan fingerprint density at radius 3 is 2.65 bits per heavy atom. The van der Waals surface area contributed by atoms with Gasteiger partial charge in [0.2, 0.25) is 6.79 Å². The molecule has 0 bridgehead atoms. The molecule has 2 aliphatic heterocycles. The van der Waals surface area contributed by atoms with Gasteiger partial charge in [-0.25, -0.2) is 4.90 Å². The third kappa shape index (κ3) is 3.01. The minimum atomic E-state index is -0.346. The summed E-state index contributed by atoms with van der Waals surface area (Å²) in [6.45, 7) is 2.64. The van der Waals surface area contributed by atoms with E-state index in [0.717, 1.165) is 17.3 Å². The molecule has 7 heteroatoms. The van der Waals surface area contributed by atoms with Crippen LogP contribution in [-0.2, 0) is 4.79 Å². The van der Waals surface area contributed by atoms with Crippen molar-refractivity contribution in [3.8, 4) is 17.2 Å². The molecule has 2 aliphatic rings. The summed E-state index contributed by atoms with van der Waals surface area (Å²) >= 11 is 0.914. The molecular weight excluding hydrogens is 354 g/mol. The normalized spacial score (nSPS) is 17.3. The van der Waals surface area contributed by atoms with Crippen molar-refractivity contribution in [2.45, 2.75) is 6.92 Å². The third-order valence-electron chi connectivity index (χ3n) is 3.89. The van der Waals surface area contributed by atoms with Crippen molar-refractivity contribution in [2.75, 3.05) is 18.3 Å². The fourth-order valence-electron chi connectivity index (χ4n) is 2.70. The highest BCUT2D eigenvalue weighted by molar-refractivity contribution is 8.19. The first-order valence-electron chi connectivity index (χ1n) is 8.06. The predicted molar refractivity (Wildman–Crippen MR) is 98.6 cm³/mol. The first-order chi connectivity index (χ1) is 12.7. The molecule has 2 heterocycles. The Morgan fingerprint density at radius 2 is 1.88 bits per heavy atom. The van der Waals surface area contributed by atoms with E-state index in [1.807, 2.05) is 13.0 Å². The van der Waals surface area contributed by atoms with Crippen molar-refractivity contribution in [3.05, 3.63) is 52.9 Å². The quantitative estimate of drug-likeness (QED) is 0.758. The van der Waals surface area contributed by atoms with Crippen LogP contribution in [0.25, 0.3) is 6.08 Å². The molecule has 1 fully saturated rings. The van der Waals surface area contributed by atoms with E-state index in [1.165, 1.54) is 4.90 Å².